The first-order valence-electron chi connectivity index (χ1n) is 6.93. The number of rotatable bonds is 6. The van der Waals surface area contributed by atoms with Gasteiger partial charge in [0.1, 0.15) is 5.69 Å². The maximum atomic E-state index is 12.0. The summed E-state index contributed by atoms with van der Waals surface area (Å²) in [5, 5.41) is 2.80. The Labute approximate surface area is 129 Å². The van der Waals surface area contributed by atoms with Crippen LogP contribution in [0.25, 0.3) is 0 Å². The molecule has 1 aromatic heterocycles. The molecule has 1 amide bonds. The maximum Gasteiger partial charge on any atom is 0.270 e. The Kier molecular flexibility index (Phi) is 5.19. The topological polar surface area (TPSA) is 86.5 Å². The number of amides is 1. The predicted octanol–water partition coefficient (Wildman–Crippen LogP) is 2.00. The fourth-order valence-electron chi connectivity index (χ4n) is 1.94. The first kappa shape index (κ1) is 15.6. The SMILES string of the molecule is CCOc1cc(CNC(=O)c2cc(N)ccn2)ccc1OC. The van der Waals surface area contributed by atoms with Crippen LogP contribution in [0, 0.1) is 0 Å². The summed E-state index contributed by atoms with van der Waals surface area (Å²) in [5.74, 6) is 1.04. The smallest absolute Gasteiger partial charge is 0.270 e. The van der Waals surface area contributed by atoms with Gasteiger partial charge in [-0.3, -0.25) is 9.78 Å². The summed E-state index contributed by atoms with van der Waals surface area (Å²) in [6.45, 7) is 2.80. The Bertz CT molecular complexity index is 659. The molecule has 3 N–H and O–H groups in total. The molecule has 6 heteroatoms. The van der Waals surface area contributed by atoms with E-state index in [9.17, 15) is 4.79 Å². The molecular weight excluding hydrogens is 282 g/mol. The third-order valence-corrected chi connectivity index (χ3v) is 3.00. The molecule has 0 unspecified atom stereocenters. The number of carbonyl (C=O) groups excluding carboxylic acids is 1. The molecule has 1 heterocycles. The number of anilines is 1. The molecule has 0 fully saturated rings. The van der Waals surface area contributed by atoms with E-state index in [0.717, 1.165) is 5.56 Å². The van der Waals surface area contributed by atoms with Crippen molar-refractivity contribution in [2.75, 3.05) is 19.5 Å². The van der Waals surface area contributed by atoms with E-state index in [1.165, 1.54) is 12.3 Å². The molecule has 22 heavy (non-hydrogen) atoms. The number of methoxy groups -OCH3 is 1. The third-order valence-electron chi connectivity index (χ3n) is 3.00. The summed E-state index contributed by atoms with van der Waals surface area (Å²) in [4.78, 5) is 16.0. The molecule has 0 aliphatic heterocycles. The van der Waals surface area contributed by atoms with Gasteiger partial charge in [0.2, 0.25) is 0 Å². The van der Waals surface area contributed by atoms with Gasteiger partial charge < -0.3 is 20.5 Å². The lowest BCUT2D eigenvalue weighted by atomic mass is 10.2. The van der Waals surface area contributed by atoms with Gasteiger partial charge in [0, 0.05) is 18.4 Å². The summed E-state index contributed by atoms with van der Waals surface area (Å²) in [6.07, 6.45) is 1.50. The Morgan fingerprint density at radius 1 is 1.27 bits per heavy atom. The van der Waals surface area contributed by atoms with E-state index < -0.39 is 0 Å². The van der Waals surface area contributed by atoms with E-state index >= 15 is 0 Å². The van der Waals surface area contributed by atoms with E-state index in [0.29, 0.717) is 36.0 Å². The van der Waals surface area contributed by atoms with Crippen LogP contribution in [0.1, 0.15) is 23.0 Å². The minimum atomic E-state index is -0.277. The number of nitrogen functional groups attached to an aromatic ring is 1. The average Bonchev–Trinajstić information content (AvgIpc) is 2.53. The standard InChI is InChI=1S/C16H19N3O3/c1-3-22-15-8-11(4-5-14(15)21-2)10-19-16(20)13-9-12(17)6-7-18-13/h4-9H,3,10H2,1-2H3,(H2,17,18)(H,19,20). The molecule has 0 spiro atoms. The monoisotopic (exact) mass is 301 g/mol. The van der Waals surface area contributed by atoms with E-state index in [2.05, 4.69) is 10.3 Å². The number of aromatic nitrogens is 1. The lowest BCUT2D eigenvalue weighted by Crippen LogP contribution is -2.23. The van der Waals surface area contributed by atoms with Crippen molar-refractivity contribution >= 4 is 11.6 Å². The second kappa shape index (κ2) is 7.31. The molecule has 0 aliphatic carbocycles. The molecule has 0 radical (unpaired) electrons. The molecule has 0 saturated heterocycles. The van der Waals surface area contributed by atoms with Crippen LogP contribution in [-0.2, 0) is 6.54 Å². The Balaban J connectivity index is 2.05. The van der Waals surface area contributed by atoms with Gasteiger partial charge in [0.15, 0.2) is 11.5 Å². The second-order valence-corrected chi connectivity index (χ2v) is 4.58. The molecule has 2 rings (SSSR count). The predicted molar refractivity (Wildman–Crippen MR) is 84.0 cm³/mol. The Hall–Kier alpha value is -2.76. The van der Waals surface area contributed by atoms with Crippen LogP contribution in [0.15, 0.2) is 36.5 Å². The quantitative estimate of drug-likeness (QED) is 0.852. The van der Waals surface area contributed by atoms with Crippen molar-refractivity contribution in [3.05, 3.63) is 47.8 Å². The lowest BCUT2D eigenvalue weighted by Gasteiger charge is -2.11. The van der Waals surface area contributed by atoms with Crippen LogP contribution in [0.3, 0.4) is 0 Å². The number of carbonyl (C=O) groups is 1. The molecule has 0 saturated carbocycles. The minimum Gasteiger partial charge on any atom is -0.493 e. The molecule has 116 valence electrons. The van der Waals surface area contributed by atoms with Gasteiger partial charge in [-0.05, 0) is 36.8 Å². The van der Waals surface area contributed by atoms with E-state index in [-0.39, 0.29) is 5.91 Å². The third kappa shape index (κ3) is 3.88. The van der Waals surface area contributed by atoms with Gasteiger partial charge in [0.05, 0.1) is 13.7 Å². The summed E-state index contributed by atoms with van der Waals surface area (Å²) in [7, 11) is 1.59. The van der Waals surface area contributed by atoms with Crippen molar-refractivity contribution < 1.29 is 14.3 Å². The number of nitrogens with two attached hydrogens (primary N) is 1. The Morgan fingerprint density at radius 2 is 2.09 bits per heavy atom. The highest BCUT2D eigenvalue weighted by atomic mass is 16.5. The van der Waals surface area contributed by atoms with Gasteiger partial charge in [-0.25, -0.2) is 0 Å². The van der Waals surface area contributed by atoms with E-state index in [1.807, 2.05) is 25.1 Å². The second-order valence-electron chi connectivity index (χ2n) is 4.58. The molecular formula is C16H19N3O3. The van der Waals surface area contributed by atoms with Gasteiger partial charge >= 0.3 is 0 Å². The normalized spacial score (nSPS) is 10.1. The number of nitrogens with zero attached hydrogens (tertiary/aromatic N) is 1. The van der Waals surface area contributed by atoms with Gasteiger partial charge in [-0.2, -0.15) is 0 Å². The Morgan fingerprint density at radius 3 is 2.77 bits per heavy atom. The minimum absolute atomic E-state index is 0.277. The summed E-state index contributed by atoms with van der Waals surface area (Å²) in [6, 6.07) is 8.69. The number of hydrogen-bond donors (Lipinski definition) is 2. The van der Waals surface area contributed by atoms with Crippen molar-refractivity contribution in [3.63, 3.8) is 0 Å². The molecule has 6 nitrogen and oxygen atoms in total. The van der Waals surface area contributed by atoms with Crippen molar-refractivity contribution in [1.82, 2.24) is 10.3 Å². The summed E-state index contributed by atoms with van der Waals surface area (Å²) < 4.78 is 10.7. The number of benzene rings is 1. The average molecular weight is 301 g/mol. The van der Waals surface area contributed by atoms with Crippen LogP contribution in [0.2, 0.25) is 0 Å². The highest BCUT2D eigenvalue weighted by Gasteiger charge is 2.09. The van der Waals surface area contributed by atoms with Crippen LogP contribution >= 0.6 is 0 Å². The largest absolute Gasteiger partial charge is 0.493 e. The summed E-state index contributed by atoms with van der Waals surface area (Å²) in [5.41, 5.74) is 7.34. The lowest BCUT2D eigenvalue weighted by molar-refractivity contribution is 0.0946. The zero-order valence-corrected chi connectivity index (χ0v) is 12.6. The van der Waals surface area contributed by atoms with Crippen molar-refractivity contribution in [2.24, 2.45) is 0 Å². The van der Waals surface area contributed by atoms with E-state index in [4.69, 9.17) is 15.2 Å². The highest BCUT2D eigenvalue weighted by Crippen LogP contribution is 2.27. The van der Waals surface area contributed by atoms with E-state index in [1.54, 1.807) is 13.2 Å². The summed E-state index contributed by atoms with van der Waals surface area (Å²) >= 11 is 0. The first-order valence-corrected chi connectivity index (χ1v) is 6.93. The molecule has 1 aromatic carbocycles. The fourth-order valence-corrected chi connectivity index (χ4v) is 1.94. The van der Waals surface area contributed by atoms with Crippen LogP contribution in [-0.4, -0.2) is 24.6 Å². The zero-order valence-electron chi connectivity index (χ0n) is 12.6. The van der Waals surface area contributed by atoms with Crippen molar-refractivity contribution in [1.29, 1.82) is 0 Å². The molecule has 2 aromatic rings. The fraction of sp³-hybridized carbons (Fsp3) is 0.250. The van der Waals surface area contributed by atoms with Gasteiger partial charge in [0.25, 0.3) is 5.91 Å². The maximum absolute atomic E-state index is 12.0. The molecule has 0 bridgehead atoms. The zero-order chi connectivity index (χ0) is 15.9. The first-order chi connectivity index (χ1) is 10.6. The number of hydrogen-bond acceptors (Lipinski definition) is 5. The van der Waals surface area contributed by atoms with Crippen LogP contribution in [0.4, 0.5) is 5.69 Å². The van der Waals surface area contributed by atoms with Gasteiger partial charge in [-0.1, -0.05) is 6.07 Å². The number of ether oxygens (including phenoxy) is 2. The number of pyridine rings is 1. The van der Waals surface area contributed by atoms with Gasteiger partial charge in [-0.15, -0.1) is 0 Å². The van der Waals surface area contributed by atoms with Crippen molar-refractivity contribution in [2.45, 2.75) is 13.5 Å². The number of nitrogens with one attached hydrogen (secondary N) is 1. The molecule has 0 atom stereocenters. The van der Waals surface area contributed by atoms with Crippen LogP contribution < -0.4 is 20.5 Å². The highest BCUT2D eigenvalue weighted by molar-refractivity contribution is 5.92. The molecule has 0 aliphatic rings. The van der Waals surface area contributed by atoms with Crippen molar-refractivity contribution in [3.8, 4) is 11.5 Å². The van der Waals surface area contributed by atoms with Crippen LogP contribution in [0.5, 0.6) is 11.5 Å².